The summed E-state index contributed by atoms with van der Waals surface area (Å²) in [6.07, 6.45) is 3.05. The molecule has 1 heterocycles. The van der Waals surface area contributed by atoms with Crippen molar-refractivity contribution in [2.75, 3.05) is 61.1 Å². The zero-order chi connectivity index (χ0) is 26.5. The zero-order valence-corrected chi connectivity index (χ0v) is 21.2. The first kappa shape index (κ1) is 26.6. The summed E-state index contributed by atoms with van der Waals surface area (Å²) < 4.78 is 32.0. The van der Waals surface area contributed by atoms with Gasteiger partial charge in [-0.05, 0) is 12.1 Å². The minimum atomic E-state index is -1.91. The van der Waals surface area contributed by atoms with Gasteiger partial charge in [-0.2, -0.15) is 0 Å². The highest BCUT2D eigenvalue weighted by Gasteiger charge is 2.34. The van der Waals surface area contributed by atoms with Gasteiger partial charge in [-0.25, -0.2) is 4.79 Å². The van der Waals surface area contributed by atoms with Gasteiger partial charge in [-0.3, -0.25) is 10.6 Å². The highest BCUT2D eigenvalue weighted by atomic mass is 16.5. The lowest BCUT2D eigenvalue weighted by Crippen LogP contribution is -2.54. The molecule has 1 atom stereocenters. The van der Waals surface area contributed by atoms with Gasteiger partial charge in [0, 0.05) is 43.2 Å². The lowest BCUT2D eigenvalue weighted by Gasteiger charge is -2.40. The van der Waals surface area contributed by atoms with Crippen LogP contribution in [0, 0.1) is 0 Å². The van der Waals surface area contributed by atoms with Gasteiger partial charge in [0.2, 0.25) is 17.3 Å². The number of amides is 2. The van der Waals surface area contributed by atoms with E-state index in [4.69, 9.17) is 34.2 Å². The predicted molar refractivity (Wildman–Crippen MR) is 132 cm³/mol. The number of rotatable bonds is 9. The Morgan fingerprint density at radius 3 is 1.67 bits per heavy atom. The third-order valence-corrected chi connectivity index (χ3v) is 5.71. The van der Waals surface area contributed by atoms with Crippen LogP contribution in [0.3, 0.4) is 0 Å². The first-order valence-electron chi connectivity index (χ1n) is 10.9. The molecule has 0 radical (unpaired) electrons. The summed E-state index contributed by atoms with van der Waals surface area (Å²) in [6, 6.07) is 6.00. The van der Waals surface area contributed by atoms with E-state index < -0.39 is 11.9 Å². The fraction of sp³-hybridized carbons (Fsp3) is 0.375. The van der Waals surface area contributed by atoms with Crippen molar-refractivity contribution in [3.8, 4) is 34.5 Å². The van der Waals surface area contributed by atoms with Crippen molar-refractivity contribution < 1.29 is 38.3 Å². The monoisotopic (exact) mass is 504 g/mol. The minimum absolute atomic E-state index is 0.239. The van der Waals surface area contributed by atoms with Gasteiger partial charge in [-0.15, -0.1) is 0 Å². The molecule has 0 saturated heterocycles. The molecule has 36 heavy (non-hydrogen) atoms. The largest absolute Gasteiger partial charge is 0.493 e. The number of nitrogens with one attached hydrogen (secondary N) is 1. The number of benzene rings is 2. The van der Waals surface area contributed by atoms with E-state index in [-0.39, 0.29) is 13.1 Å². The molecule has 2 amide bonds. The minimum Gasteiger partial charge on any atom is -0.493 e. The molecule has 2 aromatic carbocycles. The first-order chi connectivity index (χ1) is 17.2. The summed E-state index contributed by atoms with van der Waals surface area (Å²) in [5.41, 5.74) is 7.08. The molecule has 2 aromatic rings. The maximum atomic E-state index is 12.9. The average molecular weight is 505 g/mol. The Hall–Kier alpha value is -4.03. The average Bonchev–Trinajstić information content (AvgIpc) is 2.91. The molecule has 0 aliphatic carbocycles. The van der Waals surface area contributed by atoms with Crippen LogP contribution in [-0.4, -0.2) is 76.7 Å². The van der Waals surface area contributed by atoms with Crippen LogP contribution in [0.25, 0.3) is 0 Å². The molecule has 0 spiro atoms. The molecule has 12 nitrogen and oxygen atoms in total. The number of ether oxygens (including phenoxy) is 6. The van der Waals surface area contributed by atoms with Gasteiger partial charge < -0.3 is 43.7 Å². The Kier molecular flexibility index (Phi) is 8.22. The summed E-state index contributed by atoms with van der Waals surface area (Å²) in [5, 5.41) is 14.0. The molecule has 1 unspecified atom stereocenters. The molecule has 1 aliphatic rings. The van der Waals surface area contributed by atoms with Gasteiger partial charge >= 0.3 is 6.03 Å². The SMILES string of the molecule is COc1cc(NC(=O)N2C=CN(C(N)(O)c3cc(OC)c(OC)c(OC)c3)CC2)cc(OC)c1OC. The van der Waals surface area contributed by atoms with E-state index in [1.54, 1.807) is 24.3 Å². The number of methoxy groups -OCH3 is 6. The Morgan fingerprint density at radius 1 is 0.806 bits per heavy atom. The number of carbonyl (C=O) groups is 1. The molecule has 3 rings (SSSR count). The summed E-state index contributed by atoms with van der Waals surface area (Å²) in [5.74, 6) is 0.398. The predicted octanol–water partition coefficient (Wildman–Crippen LogP) is 2.12. The number of anilines is 1. The van der Waals surface area contributed by atoms with E-state index in [1.807, 2.05) is 0 Å². The summed E-state index contributed by atoms with van der Waals surface area (Å²) in [7, 11) is 8.92. The summed E-state index contributed by atoms with van der Waals surface area (Å²) >= 11 is 0. The van der Waals surface area contributed by atoms with E-state index in [0.717, 1.165) is 0 Å². The lowest BCUT2D eigenvalue weighted by atomic mass is 10.1. The second-order valence-electron chi connectivity index (χ2n) is 7.67. The van der Waals surface area contributed by atoms with Gasteiger partial charge in [0.15, 0.2) is 23.0 Å². The van der Waals surface area contributed by atoms with Crippen LogP contribution in [0.2, 0.25) is 0 Å². The molecular formula is C24H32N4O8. The number of hydrogen-bond acceptors (Lipinski definition) is 10. The number of nitrogens with zero attached hydrogens (tertiary/aromatic N) is 2. The van der Waals surface area contributed by atoms with Gasteiger partial charge in [0.1, 0.15) is 0 Å². The maximum absolute atomic E-state index is 12.9. The number of hydrogen-bond donors (Lipinski definition) is 3. The quantitative estimate of drug-likeness (QED) is 0.436. The van der Waals surface area contributed by atoms with Gasteiger partial charge in [0.25, 0.3) is 0 Å². The summed E-state index contributed by atoms with van der Waals surface area (Å²) in [6.45, 7) is 0.486. The summed E-state index contributed by atoms with van der Waals surface area (Å²) in [4.78, 5) is 15.8. The van der Waals surface area contributed by atoms with E-state index in [1.165, 1.54) is 64.9 Å². The third kappa shape index (κ3) is 5.14. The number of carbonyl (C=O) groups excluding carboxylic acids is 1. The van der Waals surface area contributed by atoms with Crippen LogP contribution in [0.4, 0.5) is 10.5 Å². The van der Waals surface area contributed by atoms with Crippen molar-refractivity contribution in [2.45, 2.75) is 5.85 Å². The van der Waals surface area contributed by atoms with Crippen molar-refractivity contribution in [3.05, 3.63) is 42.2 Å². The Bertz CT molecular complexity index is 1070. The van der Waals surface area contributed by atoms with Crippen LogP contribution in [-0.2, 0) is 5.85 Å². The van der Waals surface area contributed by atoms with Crippen LogP contribution >= 0.6 is 0 Å². The lowest BCUT2D eigenvalue weighted by molar-refractivity contribution is -0.0895. The Balaban J connectivity index is 1.78. The standard InChI is InChI=1S/C24H32N4O8/c1-31-17-11-15(12-18(32-2)21(17)35-5)24(25,30)28-9-7-27(8-10-28)23(29)26-16-13-19(33-3)22(36-6)20(14-16)34-4/h7,9,11-14,30H,8,10,25H2,1-6H3,(H,26,29). The fourth-order valence-corrected chi connectivity index (χ4v) is 3.79. The van der Waals surface area contributed by atoms with Crippen molar-refractivity contribution in [3.63, 3.8) is 0 Å². The zero-order valence-electron chi connectivity index (χ0n) is 21.2. The van der Waals surface area contributed by atoms with E-state index in [2.05, 4.69) is 5.32 Å². The third-order valence-electron chi connectivity index (χ3n) is 5.71. The first-order valence-corrected chi connectivity index (χ1v) is 10.9. The number of aliphatic hydroxyl groups is 1. The van der Waals surface area contributed by atoms with Crippen molar-refractivity contribution in [1.29, 1.82) is 0 Å². The molecular weight excluding hydrogens is 472 g/mol. The van der Waals surface area contributed by atoms with E-state index >= 15 is 0 Å². The molecule has 0 fully saturated rings. The van der Waals surface area contributed by atoms with Crippen LogP contribution in [0.1, 0.15) is 5.56 Å². The molecule has 4 N–H and O–H groups in total. The van der Waals surface area contributed by atoms with Crippen molar-refractivity contribution in [2.24, 2.45) is 5.73 Å². The van der Waals surface area contributed by atoms with E-state index in [0.29, 0.717) is 45.7 Å². The Morgan fingerprint density at radius 2 is 1.28 bits per heavy atom. The molecule has 0 aromatic heterocycles. The number of urea groups is 1. The topological polar surface area (TPSA) is 137 Å². The molecule has 0 bridgehead atoms. The molecule has 1 aliphatic heterocycles. The molecule has 0 saturated carbocycles. The highest BCUT2D eigenvalue weighted by molar-refractivity contribution is 5.91. The maximum Gasteiger partial charge on any atom is 0.325 e. The second kappa shape index (κ2) is 11.1. The van der Waals surface area contributed by atoms with Crippen LogP contribution in [0.5, 0.6) is 34.5 Å². The van der Waals surface area contributed by atoms with Crippen molar-refractivity contribution in [1.82, 2.24) is 9.80 Å². The molecule has 12 heteroatoms. The smallest absolute Gasteiger partial charge is 0.325 e. The number of nitrogens with two attached hydrogens (primary N) is 1. The normalized spacial score (nSPS) is 14.6. The van der Waals surface area contributed by atoms with Gasteiger partial charge in [0.05, 0.1) is 48.3 Å². The molecule has 196 valence electrons. The second-order valence-corrected chi connectivity index (χ2v) is 7.67. The fourth-order valence-electron chi connectivity index (χ4n) is 3.79. The van der Waals surface area contributed by atoms with E-state index in [9.17, 15) is 9.90 Å². The van der Waals surface area contributed by atoms with Crippen LogP contribution in [0.15, 0.2) is 36.7 Å². The Labute approximate surface area is 209 Å². The van der Waals surface area contributed by atoms with Crippen molar-refractivity contribution >= 4 is 11.7 Å². The van der Waals surface area contributed by atoms with Gasteiger partial charge in [-0.1, -0.05) is 0 Å². The highest BCUT2D eigenvalue weighted by Crippen LogP contribution is 2.41. The van der Waals surface area contributed by atoms with Crippen LogP contribution < -0.4 is 39.5 Å².